The van der Waals surface area contributed by atoms with Gasteiger partial charge in [0.2, 0.25) is 29.6 Å². The Kier molecular flexibility index (Phi) is 15.6. The van der Waals surface area contributed by atoms with Gasteiger partial charge in [0.15, 0.2) is 0 Å². The fourth-order valence-electron chi connectivity index (χ4n) is 7.56. The summed E-state index contributed by atoms with van der Waals surface area (Å²) in [5.74, 6) is -2.46. The molecule has 2 aromatic carbocycles. The summed E-state index contributed by atoms with van der Waals surface area (Å²) in [5, 5.41) is 14.6. The number of carbonyl (C=O) groups excluding carboxylic acids is 6. The van der Waals surface area contributed by atoms with Gasteiger partial charge in [-0.1, -0.05) is 12.2 Å². The standard InChI is InChI=1S/C45H56N14O9/c1-8-58-32(19-25(3)53-58)41(63)51-44-49-30-21-27(39(47)61)23-34(66-6)37(30)56(44)16-10-11-17-57-38-31(50-45(57)52-42(64)33-20-26(4)54-59(33)9-2)22-28(40(48)62)24-35(38)68-18-12-15-55(5)43(65)29(46)13-14-36(60)67-7/h10-11,19-24,29H,8-9,12-18,46H2,1-7H3,(H2,47,61)(H2,48,62)(H,49,51,63)(H,50,52,64)/b11-10+/t29-/m0/s1. The maximum absolute atomic E-state index is 13.9. The number of aryl methyl sites for hydroxylation is 4. The molecule has 6 rings (SSSR count). The first kappa shape index (κ1) is 49.4. The Hall–Kier alpha value is -8.08. The number of esters is 1. The second-order valence-corrected chi connectivity index (χ2v) is 15.7. The van der Waals surface area contributed by atoms with Crippen molar-refractivity contribution in [3.63, 3.8) is 0 Å². The summed E-state index contributed by atoms with van der Waals surface area (Å²) in [6, 6.07) is 8.39. The van der Waals surface area contributed by atoms with Crippen LogP contribution in [0.5, 0.6) is 11.5 Å². The Morgan fingerprint density at radius 1 is 0.750 bits per heavy atom. The van der Waals surface area contributed by atoms with Crippen LogP contribution >= 0.6 is 0 Å². The van der Waals surface area contributed by atoms with E-state index in [2.05, 4.69) is 30.6 Å². The number of fused-ring (bicyclic) bond motifs is 2. The molecule has 0 aliphatic rings. The van der Waals surface area contributed by atoms with Gasteiger partial charge in [0.25, 0.3) is 11.8 Å². The fraction of sp³-hybridized carbons (Fsp3) is 0.378. The molecule has 23 nitrogen and oxygen atoms in total. The second kappa shape index (κ2) is 21.5. The van der Waals surface area contributed by atoms with E-state index in [1.54, 1.807) is 63.7 Å². The third kappa shape index (κ3) is 10.9. The van der Waals surface area contributed by atoms with Crippen molar-refractivity contribution in [1.82, 2.24) is 43.6 Å². The molecule has 0 aliphatic heterocycles. The molecule has 0 saturated heterocycles. The number of nitrogens with one attached hydrogen (secondary N) is 2. The van der Waals surface area contributed by atoms with Gasteiger partial charge in [-0.3, -0.25) is 48.8 Å². The molecule has 0 radical (unpaired) electrons. The number of allylic oxidation sites excluding steroid dienone is 2. The highest BCUT2D eigenvalue weighted by Gasteiger charge is 2.25. The molecule has 0 saturated carbocycles. The van der Waals surface area contributed by atoms with Gasteiger partial charge in [-0.2, -0.15) is 10.2 Å². The predicted octanol–water partition coefficient (Wildman–Crippen LogP) is 2.91. The average molecular weight is 937 g/mol. The van der Waals surface area contributed by atoms with Gasteiger partial charge in [0, 0.05) is 57.3 Å². The predicted molar refractivity (Wildman–Crippen MR) is 250 cm³/mol. The molecular formula is C45H56N14O9. The number of anilines is 2. The van der Waals surface area contributed by atoms with Crippen molar-refractivity contribution in [3.8, 4) is 11.5 Å². The summed E-state index contributed by atoms with van der Waals surface area (Å²) in [7, 11) is 4.29. The second-order valence-electron chi connectivity index (χ2n) is 15.7. The van der Waals surface area contributed by atoms with E-state index in [-0.39, 0.29) is 85.0 Å². The van der Waals surface area contributed by atoms with Crippen molar-refractivity contribution in [2.24, 2.45) is 17.2 Å². The molecule has 0 aliphatic carbocycles. The van der Waals surface area contributed by atoms with Gasteiger partial charge < -0.3 is 45.4 Å². The number of primary amides is 2. The summed E-state index contributed by atoms with van der Waals surface area (Å²) in [4.78, 5) is 87.8. The van der Waals surface area contributed by atoms with Crippen LogP contribution in [0.3, 0.4) is 0 Å². The molecule has 4 heterocycles. The number of methoxy groups -OCH3 is 2. The zero-order chi connectivity index (χ0) is 49.4. The van der Waals surface area contributed by atoms with Crippen LogP contribution in [0.2, 0.25) is 0 Å². The number of amides is 5. The summed E-state index contributed by atoms with van der Waals surface area (Å²) in [5.41, 5.74) is 21.1. The molecule has 0 fully saturated rings. The first-order valence-electron chi connectivity index (χ1n) is 21.8. The third-order valence-corrected chi connectivity index (χ3v) is 10.9. The number of aromatic nitrogens is 8. The van der Waals surface area contributed by atoms with E-state index in [1.165, 1.54) is 43.4 Å². The van der Waals surface area contributed by atoms with Gasteiger partial charge in [0.1, 0.15) is 33.9 Å². The topological polar surface area (TPSA) is 307 Å². The summed E-state index contributed by atoms with van der Waals surface area (Å²) in [6.45, 7) is 8.68. The fourth-order valence-corrected chi connectivity index (χ4v) is 7.56. The number of hydrogen-bond donors (Lipinski definition) is 5. The van der Waals surface area contributed by atoms with Crippen molar-refractivity contribution in [3.05, 3.63) is 82.5 Å². The monoisotopic (exact) mass is 936 g/mol. The zero-order valence-corrected chi connectivity index (χ0v) is 39.0. The minimum atomic E-state index is -0.905. The number of benzene rings is 2. The lowest BCUT2D eigenvalue weighted by molar-refractivity contribution is -0.141. The largest absolute Gasteiger partial charge is 0.494 e. The SMILES string of the molecule is CCn1nc(C)cc1C(=O)Nc1nc2cc(C(N)=O)cc(OC)c2n1C/C=C/Cn1c(NC(=O)c2cc(C)nn2CC)nc2cc(C(N)=O)cc(OCCCN(C)C(=O)[C@@H](N)CCC(=O)OC)c21. The van der Waals surface area contributed by atoms with Gasteiger partial charge in [0.05, 0.1) is 49.3 Å². The Morgan fingerprint density at radius 2 is 1.24 bits per heavy atom. The smallest absolute Gasteiger partial charge is 0.305 e. The third-order valence-electron chi connectivity index (χ3n) is 10.9. The minimum Gasteiger partial charge on any atom is -0.494 e. The van der Waals surface area contributed by atoms with E-state index in [1.807, 2.05) is 13.8 Å². The summed E-state index contributed by atoms with van der Waals surface area (Å²) >= 11 is 0. The molecule has 1 atom stereocenters. The van der Waals surface area contributed by atoms with Crippen LogP contribution in [0.25, 0.3) is 22.1 Å². The van der Waals surface area contributed by atoms with Crippen LogP contribution in [-0.2, 0) is 40.5 Å². The van der Waals surface area contributed by atoms with Crippen LogP contribution < -0.4 is 37.3 Å². The lowest BCUT2D eigenvalue weighted by Crippen LogP contribution is -2.42. The molecular weight excluding hydrogens is 881 g/mol. The molecule has 4 aromatic heterocycles. The zero-order valence-electron chi connectivity index (χ0n) is 39.0. The van der Waals surface area contributed by atoms with Crippen molar-refractivity contribution >= 4 is 69.5 Å². The number of rotatable bonds is 22. The molecule has 68 heavy (non-hydrogen) atoms. The maximum atomic E-state index is 13.9. The quantitative estimate of drug-likeness (QED) is 0.0372. The van der Waals surface area contributed by atoms with Gasteiger partial charge in [-0.25, -0.2) is 9.97 Å². The van der Waals surface area contributed by atoms with E-state index < -0.39 is 35.6 Å². The number of hydrogen-bond acceptors (Lipinski definition) is 14. The van der Waals surface area contributed by atoms with Crippen molar-refractivity contribution in [2.45, 2.75) is 79.2 Å². The molecule has 0 unspecified atom stereocenters. The van der Waals surface area contributed by atoms with Crippen molar-refractivity contribution < 1.29 is 43.0 Å². The highest BCUT2D eigenvalue weighted by atomic mass is 16.5. The van der Waals surface area contributed by atoms with E-state index in [9.17, 15) is 28.8 Å². The molecule has 23 heteroatoms. The van der Waals surface area contributed by atoms with E-state index in [0.29, 0.717) is 58.8 Å². The van der Waals surface area contributed by atoms with E-state index >= 15 is 0 Å². The number of carbonyl (C=O) groups is 6. The first-order chi connectivity index (χ1) is 32.5. The highest BCUT2D eigenvalue weighted by Crippen LogP contribution is 2.33. The number of likely N-dealkylation sites (N-methyl/N-ethyl adjacent to an activating group) is 1. The van der Waals surface area contributed by atoms with Gasteiger partial charge in [-0.05, 0) is 76.9 Å². The molecule has 8 N–H and O–H groups in total. The maximum Gasteiger partial charge on any atom is 0.305 e. The van der Waals surface area contributed by atoms with Crippen molar-refractivity contribution in [1.29, 1.82) is 0 Å². The molecule has 0 spiro atoms. The van der Waals surface area contributed by atoms with Gasteiger partial charge in [-0.15, -0.1) is 0 Å². The number of imidazole rings is 2. The van der Waals surface area contributed by atoms with Crippen molar-refractivity contribution in [2.75, 3.05) is 45.1 Å². The Balaban J connectivity index is 1.35. The van der Waals surface area contributed by atoms with Crippen LogP contribution in [0.15, 0.2) is 48.6 Å². The van der Waals surface area contributed by atoms with Crippen LogP contribution in [0.1, 0.15) is 86.2 Å². The number of ether oxygens (including phenoxy) is 3. The molecule has 5 amide bonds. The lowest BCUT2D eigenvalue weighted by Gasteiger charge is -2.21. The Morgan fingerprint density at radius 3 is 1.69 bits per heavy atom. The molecule has 360 valence electrons. The normalized spacial score (nSPS) is 11.8. The van der Waals surface area contributed by atoms with Crippen LogP contribution in [0.4, 0.5) is 11.9 Å². The Labute approximate surface area is 390 Å². The molecule has 6 aromatic rings. The van der Waals surface area contributed by atoms with E-state index in [4.69, 9.17) is 31.7 Å². The average Bonchev–Trinajstić information content (AvgIpc) is 4.09. The lowest BCUT2D eigenvalue weighted by atomic mass is 10.1. The summed E-state index contributed by atoms with van der Waals surface area (Å²) in [6.07, 6.45) is 4.06. The van der Waals surface area contributed by atoms with Crippen LogP contribution in [-0.4, -0.2) is 120 Å². The number of nitrogens with zero attached hydrogens (tertiary/aromatic N) is 9. The molecule has 0 bridgehead atoms. The minimum absolute atomic E-state index is 0.00000396. The summed E-state index contributed by atoms with van der Waals surface area (Å²) < 4.78 is 23.2. The van der Waals surface area contributed by atoms with Gasteiger partial charge >= 0.3 is 5.97 Å². The van der Waals surface area contributed by atoms with Crippen LogP contribution in [0, 0.1) is 13.8 Å². The van der Waals surface area contributed by atoms with E-state index in [0.717, 1.165) is 0 Å². The Bertz CT molecular complexity index is 2920. The first-order valence-corrected chi connectivity index (χ1v) is 21.8. The highest BCUT2D eigenvalue weighted by molar-refractivity contribution is 6.05. The number of nitrogens with two attached hydrogens (primary N) is 3.